The van der Waals surface area contributed by atoms with Crippen LogP contribution in [0, 0.1) is 5.92 Å². The van der Waals surface area contributed by atoms with Gasteiger partial charge < -0.3 is 10.6 Å². The lowest BCUT2D eigenvalue weighted by Gasteiger charge is -2.40. The molecule has 2 fully saturated rings. The molecule has 0 bridgehead atoms. The molecule has 1 amide bonds. The Morgan fingerprint density at radius 1 is 1.25 bits per heavy atom. The van der Waals surface area contributed by atoms with Gasteiger partial charge in [-0.25, -0.2) is 0 Å². The van der Waals surface area contributed by atoms with Crippen LogP contribution in [-0.2, 0) is 4.79 Å². The van der Waals surface area contributed by atoms with E-state index in [-0.39, 0.29) is 5.91 Å². The SMILES string of the molecule is CN(CC1CCCCC1)C(=O)C1(N)CCC1. The van der Waals surface area contributed by atoms with Crippen molar-refractivity contribution in [2.45, 2.75) is 56.9 Å². The molecular formula is C13H24N2O. The third-order valence-electron chi connectivity index (χ3n) is 4.28. The molecule has 2 saturated carbocycles. The number of nitrogens with zero attached hydrogens (tertiary/aromatic N) is 1. The van der Waals surface area contributed by atoms with Crippen LogP contribution in [0.15, 0.2) is 0 Å². The molecule has 0 saturated heterocycles. The van der Waals surface area contributed by atoms with Crippen molar-refractivity contribution in [2.24, 2.45) is 11.7 Å². The molecule has 2 aliphatic carbocycles. The van der Waals surface area contributed by atoms with E-state index in [9.17, 15) is 4.79 Å². The number of carbonyl (C=O) groups is 1. The second-order valence-electron chi connectivity index (χ2n) is 5.70. The number of likely N-dealkylation sites (N-methyl/N-ethyl adjacent to an activating group) is 1. The molecule has 0 heterocycles. The predicted octanol–water partition coefficient (Wildman–Crippen LogP) is 1.91. The minimum absolute atomic E-state index is 0.171. The van der Waals surface area contributed by atoms with Crippen LogP contribution in [0.3, 0.4) is 0 Å². The summed E-state index contributed by atoms with van der Waals surface area (Å²) in [5.41, 5.74) is 5.55. The Morgan fingerprint density at radius 2 is 1.88 bits per heavy atom. The van der Waals surface area contributed by atoms with Gasteiger partial charge in [-0.05, 0) is 38.0 Å². The van der Waals surface area contributed by atoms with E-state index in [1.165, 1.54) is 32.1 Å². The largest absolute Gasteiger partial charge is 0.344 e. The number of rotatable bonds is 3. The summed E-state index contributed by atoms with van der Waals surface area (Å²) in [7, 11) is 1.92. The average molecular weight is 224 g/mol. The molecule has 2 aliphatic rings. The van der Waals surface area contributed by atoms with Gasteiger partial charge in [0.15, 0.2) is 0 Å². The molecule has 0 aromatic heterocycles. The van der Waals surface area contributed by atoms with Crippen molar-refractivity contribution in [3.8, 4) is 0 Å². The zero-order valence-electron chi connectivity index (χ0n) is 10.4. The highest BCUT2D eigenvalue weighted by molar-refractivity contribution is 5.86. The fourth-order valence-electron chi connectivity index (χ4n) is 2.99. The zero-order valence-corrected chi connectivity index (χ0v) is 10.4. The summed E-state index contributed by atoms with van der Waals surface area (Å²) in [6, 6.07) is 0. The number of hydrogen-bond donors (Lipinski definition) is 1. The van der Waals surface area contributed by atoms with E-state index in [0.717, 1.165) is 25.8 Å². The molecule has 2 N–H and O–H groups in total. The number of amides is 1. The van der Waals surface area contributed by atoms with Crippen molar-refractivity contribution in [1.29, 1.82) is 0 Å². The topological polar surface area (TPSA) is 46.3 Å². The Hall–Kier alpha value is -0.570. The van der Waals surface area contributed by atoms with Crippen molar-refractivity contribution in [2.75, 3.05) is 13.6 Å². The Bertz CT molecular complexity index is 255. The summed E-state index contributed by atoms with van der Waals surface area (Å²) < 4.78 is 0. The summed E-state index contributed by atoms with van der Waals surface area (Å²) in [5, 5.41) is 0. The van der Waals surface area contributed by atoms with Crippen LogP contribution in [0.5, 0.6) is 0 Å². The molecule has 92 valence electrons. The van der Waals surface area contributed by atoms with E-state index in [2.05, 4.69) is 0 Å². The van der Waals surface area contributed by atoms with Gasteiger partial charge in [0.2, 0.25) is 5.91 Å². The maximum atomic E-state index is 12.1. The first-order valence-electron chi connectivity index (χ1n) is 6.66. The second-order valence-corrected chi connectivity index (χ2v) is 5.70. The summed E-state index contributed by atoms with van der Waals surface area (Å²) >= 11 is 0. The van der Waals surface area contributed by atoms with Crippen molar-refractivity contribution in [1.82, 2.24) is 4.90 Å². The molecule has 0 atom stereocenters. The van der Waals surface area contributed by atoms with Gasteiger partial charge in [-0.15, -0.1) is 0 Å². The first kappa shape index (κ1) is 11.9. The van der Waals surface area contributed by atoms with E-state index >= 15 is 0 Å². The third-order valence-corrected chi connectivity index (χ3v) is 4.28. The Kier molecular flexibility index (Phi) is 3.53. The van der Waals surface area contributed by atoms with E-state index in [1.807, 2.05) is 11.9 Å². The molecule has 0 aromatic carbocycles. The maximum absolute atomic E-state index is 12.1. The lowest BCUT2D eigenvalue weighted by atomic mass is 9.76. The van der Waals surface area contributed by atoms with Gasteiger partial charge in [-0.2, -0.15) is 0 Å². The maximum Gasteiger partial charge on any atom is 0.242 e. The molecule has 2 rings (SSSR count). The molecule has 16 heavy (non-hydrogen) atoms. The van der Waals surface area contributed by atoms with Gasteiger partial charge in [0.1, 0.15) is 0 Å². The van der Waals surface area contributed by atoms with Gasteiger partial charge >= 0.3 is 0 Å². The normalized spacial score (nSPS) is 24.9. The van der Waals surface area contributed by atoms with Gasteiger partial charge in [0.25, 0.3) is 0 Å². The van der Waals surface area contributed by atoms with Crippen LogP contribution >= 0.6 is 0 Å². The average Bonchev–Trinajstić information content (AvgIpc) is 2.26. The minimum atomic E-state index is -0.510. The monoisotopic (exact) mass is 224 g/mol. The first-order valence-corrected chi connectivity index (χ1v) is 6.66. The van der Waals surface area contributed by atoms with Crippen molar-refractivity contribution in [3.05, 3.63) is 0 Å². The number of hydrogen-bond acceptors (Lipinski definition) is 2. The van der Waals surface area contributed by atoms with Crippen LogP contribution in [0.2, 0.25) is 0 Å². The van der Waals surface area contributed by atoms with E-state index in [4.69, 9.17) is 5.73 Å². The highest BCUT2D eigenvalue weighted by Gasteiger charge is 2.42. The fraction of sp³-hybridized carbons (Fsp3) is 0.923. The van der Waals surface area contributed by atoms with E-state index in [0.29, 0.717) is 5.92 Å². The highest BCUT2D eigenvalue weighted by Crippen LogP contribution is 2.31. The molecule has 0 spiro atoms. The van der Waals surface area contributed by atoms with Crippen LogP contribution in [0.1, 0.15) is 51.4 Å². The lowest BCUT2D eigenvalue weighted by molar-refractivity contribution is -0.139. The Balaban J connectivity index is 1.82. The van der Waals surface area contributed by atoms with Crippen molar-refractivity contribution >= 4 is 5.91 Å². The molecular weight excluding hydrogens is 200 g/mol. The highest BCUT2D eigenvalue weighted by atomic mass is 16.2. The smallest absolute Gasteiger partial charge is 0.242 e. The summed E-state index contributed by atoms with van der Waals surface area (Å²) in [6.45, 7) is 0.914. The van der Waals surface area contributed by atoms with Crippen LogP contribution < -0.4 is 5.73 Å². The summed E-state index contributed by atoms with van der Waals surface area (Å²) in [4.78, 5) is 14.0. The van der Waals surface area contributed by atoms with Crippen molar-refractivity contribution in [3.63, 3.8) is 0 Å². The molecule has 0 aromatic rings. The van der Waals surface area contributed by atoms with Gasteiger partial charge in [0, 0.05) is 13.6 Å². The molecule has 3 nitrogen and oxygen atoms in total. The molecule has 0 radical (unpaired) electrons. The van der Waals surface area contributed by atoms with Crippen LogP contribution in [0.25, 0.3) is 0 Å². The van der Waals surface area contributed by atoms with Crippen LogP contribution in [0.4, 0.5) is 0 Å². The van der Waals surface area contributed by atoms with E-state index < -0.39 is 5.54 Å². The molecule has 0 aliphatic heterocycles. The van der Waals surface area contributed by atoms with Gasteiger partial charge in [0.05, 0.1) is 5.54 Å². The summed E-state index contributed by atoms with van der Waals surface area (Å²) in [5.74, 6) is 0.885. The van der Waals surface area contributed by atoms with Crippen LogP contribution in [-0.4, -0.2) is 29.9 Å². The number of carbonyl (C=O) groups excluding carboxylic acids is 1. The quantitative estimate of drug-likeness (QED) is 0.796. The second kappa shape index (κ2) is 4.74. The molecule has 3 heteroatoms. The molecule has 0 unspecified atom stereocenters. The fourth-order valence-corrected chi connectivity index (χ4v) is 2.99. The Labute approximate surface area is 98.4 Å². The number of nitrogens with two attached hydrogens (primary N) is 1. The van der Waals surface area contributed by atoms with Gasteiger partial charge in [-0.1, -0.05) is 19.3 Å². The zero-order chi connectivity index (χ0) is 11.6. The lowest BCUT2D eigenvalue weighted by Crippen LogP contribution is -2.59. The summed E-state index contributed by atoms with van der Waals surface area (Å²) in [6.07, 6.45) is 9.47. The Morgan fingerprint density at radius 3 is 2.38 bits per heavy atom. The van der Waals surface area contributed by atoms with Gasteiger partial charge in [-0.3, -0.25) is 4.79 Å². The van der Waals surface area contributed by atoms with E-state index in [1.54, 1.807) is 0 Å². The predicted molar refractivity (Wildman–Crippen MR) is 65.0 cm³/mol. The van der Waals surface area contributed by atoms with Crippen molar-refractivity contribution < 1.29 is 4.79 Å². The first-order chi connectivity index (χ1) is 7.62. The minimum Gasteiger partial charge on any atom is -0.344 e. The standard InChI is InChI=1S/C13H24N2O/c1-15(10-11-6-3-2-4-7-11)12(16)13(14)8-5-9-13/h11H,2-10,14H2,1H3. The third kappa shape index (κ3) is 2.40.